The van der Waals surface area contributed by atoms with Crippen LogP contribution in [0.1, 0.15) is 23.5 Å². The highest BCUT2D eigenvalue weighted by atomic mass is 19.3. The molecule has 0 radical (unpaired) electrons. The van der Waals surface area contributed by atoms with Gasteiger partial charge >= 0.3 is 6.55 Å². The minimum absolute atomic E-state index is 0.00147. The summed E-state index contributed by atoms with van der Waals surface area (Å²) in [6.07, 6.45) is 1.45. The molecule has 24 heavy (non-hydrogen) atoms. The Hall–Kier alpha value is -3.51. The van der Waals surface area contributed by atoms with Crippen LogP contribution in [0, 0.1) is 22.7 Å². The molecular weight excluding hydrogens is 310 g/mol. The van der Waals surface area contributed by atoms with Crippen molar-refractivity contribution in [3.8, 4) is 12.1 Å². The van der Waals surface area contributed by atoms with Gasteiger partial charge in [0.2, 0.25) is 0 Å². The van der Waals surface area contributed by atoms with E-state index in [0.29, 0.717) is 16.6 Å². The highest BCUT2D eigenvalue weighted by Gasteiger charge is 2.20. The number of rotatable bonds is 3. The summed E-state index contributed by atoms with van der Waals surface area (Å²) in [6, 6.07) is 16.9. The number of imidazole rings is 1. The van der Waals surface area contributed by atoms with E-state index < -0.39 is 6.55 Å². The summed E-state index contributed by atoms with van der Waals surface area (Å²) in [5.41, 5.74) is 1.64. The zero-order chi connectivity index (χ0) is 17.1. The molecule has 0 fully saturated rings. The van der Waals surface area contributed by atoms with Gasteiger partial charge in [0, 0.05) is 0 Å². The Morgan fingerprint density at radius 1 is 1.12 bits per heavy atom. The van der Waals surface area contributed by atoms with Gasteiger partial charge in [-0.15, -0.1) is 0 Å². The number of halogens is 2. The number of fused-ring (bicyclic) bond motifs is 1. The van der Waals surface area contributed by atoms with Crippen LogP contribution in [-0.2, 0) is 0 Å². The molecule has 0 aliphatic heterocycles. The molecule has 6 heteroatoms. The van der Waals surface area contributed by atoms with E-state index in [1.54, 1.807) is 42.5 Å². The minimum atomic E-state index is -2.82. The standard InChI is InChI=1S/C18H10F2N4/c19-18(20)24-16-7-2-1-6-15(16)23-17(24)14(11-22)9-12-4-3-5-13(8-12)10-21/h1-9,18H. The molecule has 0 aliphatic carbocycles. The molecule has 1 aromatic heterocycles. The van der Waals surface area contributed by atoms with E-state index in [-0.39, 0.29) is 16.9 Å². The first-order valence-corrected chi connectivity index (χ1v) is 7.01. The number of allylic oxidation sites excluding steroid dienone is 1. The van der Waals surface area contributed by atoms with Crippen molar-refractivity contribution in [2.24, 2.45) is 0 Å². The predicted molar refractivity (Wildman–Crippen MR) is 85.6 cm³/mol. The van der Waals surface area contributed by atoms with Crippen LogP contribution in [0.3, 0.4) is 0 Å². The van der Waals surface area contributed by atoms with E-state index in [4.69, 9.17) is 5.26 Å². The predicted octanol–water partition coefficient (Wildman–Crippen LogP) is 4.37. The van der Waals surface area contributed by atoms with Crippen molar-refractivity contribution in [3.05, 3.63) is 65.5 Å². The molecule has 3 rings (SSSR count). The fourth-order valence-electron chi connectivity index (χ4n) is 2.44. The van der Waals surface area contributed by atoms with Gasteiger partial charge in [0.25, 0.3) is 0 Å². The number of hydrogen-bond donors (Lipinski definition) is 0. The van der Waals surface area contributed by atoms with Crippen molar-refractivity contribution >= 4 is 22.7 Å². The van der Waals surface area contributed by atoms with Gasteiger partial charge in [-0.05, 0) is 35.9 Å². The summed E-state index contributed by atoms with van der Waals surface area (Å²) in [7, 11) is 0. The molecule has 0 saturated heterocycles. The van der Waals surface area contributed by atoms with Crippen molar-refractivity contribution in [1.29, 1.82) is 10.5 Å². The Labute approximate surface area is 136 Å². The fraction of sp³-hybridized carbons (Fsp3) is 0.0556. The number of aromatic nitrogens is 2. The van der Waals surface area contributed by atoms with Crippen molar-refractivity contribution in [3.63, 3.8) is 0 Å². The van der Waals surface area contributed by atoms with Gasteiger partial charge < -0.3 is 0 Å². The summed E-state index contributed by atoms with van der Waals surface area (Å²) >= 11 is 0. The summed E-state index contributed by atoms with van der Waals surface area (Å²) < 4.78 is 27.7. The molecular formula is C18H10F2N4. The highest BCUT2D eigenvalue weighted by Crippen LogP contribution is 2.28. The number of nitriles is 2. The molecule has 116 valence electrons. The van der Waals surface area contributed by atoms with E-state index in [9.17, 15) is 14.0 Å². The van der Waals surface area contributed by atoms with Crippen LogP contribution >= 0.6 is 0 Å². The summed E-state index contributed by atoms with van der Waals surface area (Å²) in [4.78, 5) is 4.17. The number of benzene rings is 2. The van der Waals surface area contributed by atoms with Crippen LogP contribution < -0.4 is 0 Å². The minimum Gasteiger partial charge on any atom is -0.266 e. The third kappa shape index (κ3) is 2.73. The zero-order valence-electron chi connectivity index (χ0n) is 12.3. The van der Waals surface area contributed by atoms with Crippen LogP contribution in [0.4, 0.5) is 8.78 Å². The lowest BCUT2D eigenvalue weighted by atomic mass is 10.1. The quantitative estimate of drug-likeness (QED) is 0.673. The maximum atomic E-state index is 13.5. The van der Waals surface area contributed by atoms with Crippen LogP contribution in [0.5, 0.6) is 0 Å². The number of nitrogens with zero attached hydrogens (tertiary/aromatic N) is 4. The SMILES string of the molecule is N#CC(=Cc1cccc(C#N)c1)c1nc2ccccc2n1C(F)F. The van der Waals surface area contributed by atoms with Gasteiger partial charge in [-0.1, -0.05) is 24.3 Å². The van der Waals surface area contributed by atoms with Gasteiger partial charge in [-0.25, -0.2) is 4.98 Å². The van der Waals surface area contributed by atoms with E-state index in [0.717, 1.165) is 4.57 Å². The third-order valence-electron chi connectivity index (χ3n) is 3.48. The van der Waals surface area contributed by atoms with Crippen LogP contribution in [0.15, 0.2) is 48.5 Å². The Kier molecular flexibility index (Phi) is 4.05. The van der Waals surface area contributed by atoms with Crippen molar-refractivity contribution in [2.75, 3.05) is 0 Å². The molecule has 0 bridgehead atoms. The van der Waals surface area contributed by atoms with Crippen molar-refractivity contribution < 1.29 is 8.78 Å². The molecule has 0 atom stereocenters. The summed E-state index contributed by atoms with van der Waals surface area (Å²) in [6.45, 7) is -2.82. The molecule has 3 aromatic rings. The Bertz CT molecular complexity index is 1020. The van der Waals surface area contributed by atoms with Crippen molar-refractivity contribution in [1.82, 2.24) is 9.55 Å². The fourth-order valence-corrected chi connectivity index (χ4v) is 2.44. The average molecular weight is 320 g/mol. The first-order chi connectivity index (χ1) is 11.6. The second-order valence-electron chi connectivity index (χ2n) is 4.98. The molecule has 2 aromatic carbocycles. The summed E-state index contributed by atoms with van der Waals surface area (Å²) in [5.74, 6) is -0.101. The van der Waals surface area contributed by atoms with Gasteiger partial charge in [0.1, 0.15) is 6.07 Å². The molecule has 0 unspecified atom stereocenters. The number of alkyl halides is 2. The lowest BCUT2D eigenvalue weighted by Gasteiger charge is -2.07. The molecule has 0 spiro atoms. The lowest BCUT2D eigenvalue weighted by Crippen LogP contribution is -2.03. The molecule has 0 saturated carbocycles. The molecule has 0 amide bonds. The highest BCUT2D eigenvalue weighted by molar-refractivity contribution is 5.91. The molecule has 0 aliphatic rings. The van der Waals surface area contributed by atoms with Gasteiger partial charge in [-0.2, -0.15) is 19.3 Å². The Morgan fingerprint density at radius 2 is 1.92 bits per heavy atom. The normalized spacial score (nSPS) is 11.5. The maximum Gasteiger partial charge on any atom is 0.320 e. The van der Waals surface area contributed by atoms with Gasteiger partial charge in [0.05, 0.1) is 28.2 Å². The monoisotopic (exact) mass is 320 g/mol. The first kappa shape index (κ1) is 15.4. The van der Waals surface area contributed by atoms with Crippen LogP contribution in [0.25, 0.3) is 22.7 Å². The van der Waals surface area contributed by atoms with Crippen LogP contribution in [-0.4, -0.2) is 9.55 Å². The van der Waals surface area contributed by atoms with E-state index >= 15 is 0 Å². The van der Waals surface area contributed by atoms with E-state index in [1.807, 2.05) is 12.1 Å². The second kappa shape index (κ2) is 6.31. The second-order valence-corrected chi connectivity index (χ2v) is 4.98. The van der Waals surface area contributed by atoms with E-state index in [1.165, 1.54) is 12.1 Å². The molecule has 0 N–H and O–H groups in total. The van der Waals surface area contributed by atoms with Crippen LogP contribution in [0.2, 0.25) is 0 Å². The largest absolute Gasteiger partial charge is 0.320 e. The van der Waals surface area contributed by atoms with Gasteiger partial charge in [0.15, 0.2) is 5.82 Å². The zero-order valence-corrected chi connectivity index (χ0v) is 12.3. The Morgan fingerprint density at radius 3 is 2.62 bits per heavy atom. The van der Waals surface area contributed by atoms with Crippen molar-refractivity contribution in [2.45, 2.75) is 6.55 Å². The van der Waals surface area contributed by atoms with Gasteiger partial charge in [-0.3, -0.25) is 4.57 Å². The Balaban J connectivity index is 2.20. The topological polar surface area (TPSA) is 65.4 Å². The lowest BCUT2D eigenvalue weighted by molar-refractivity contribution is 0.0738. The number of para-hydroxylation sites is 2. The smallest absolute Gasteiger partial charge is 0.266 e. The first-order valence-electron chi connectivity index (χ1n) is 7.01. The molecule has 1 heterocycles. The molecule has 4 nitrogen and oxygen atoms in total. The third-order valence-corrected chi connectivity index (χ3v) is 3.48. The van der Waals surface area contributed by atoms with E-state index in [2.05, 4.69) is 4.98 Å². The summed E-state index contributed by atoms with van der Waals surface area (Å²) in [5, 5.41) is 18.3. The average Bonchev–Trinajstić information content (AvgIpc) is 2.99. The number of hydrogen-bond acceptors (Lipinski definition) is 3. The maximum absolute atomic E-state index is 13.5.